The number of thioether (sulfide) groups is 1. The number of nitrogens with zero attached hydrogens (tertiary/aromatic N) is 1. The minimum Gasteiger partial charge on any atom is -0.454 e. The third-order valence-electron chi connectivity index (χ3n) is 4.58. The number of halogens is 2. The first-order valence-electron chi connectivity index (χ1n) is 9.31. The second kappa shape index (κ2) is 9.48. The quantitative estimate of drug-likeness (QED) is 0.431. The second-order valence-corrected chi connectivity index (χ2v) is 9.16. The average molecular weight is 495 g/mol. The van der Waals surface area contributed by atoms with Crippen molar-refractivity contribution in [3.8, 4) is 11.5 Å². The highest BCUT2D eigenvalue weighted by Gasteiger charge is 2.31. The van der Waals surface area contributed by atoms with Crippen LogP contribution in [0.2, 0.25) is 10.0 Å². The monoisotopic (exact) mass is 494 g/mol. The van der Waals surface area contributed by atoms with E-state index in [1.807, 2.05) is 12.1 Å². The first-order chi connectivity index (χ1) is 14.9. The summed E-state index contributed by atoms with van der Waals surface area (Å²) < 4.78 is 11.1. The molecule has 160 valence electrons. The van der Waals surface area contributed by atoms with Gasteiger partial charge in [0.1, 0.15) is 4.32 Å². The van der Waals surface area contributed by atoms with Crippen LogP contribution in [0, 0.1) is 0 Å². The number of carbonyl (C=O) groups excluding carboxylic acids is 2. The van der Waals surface area contributed by atoms with Crippen LogP contribution in [0.4, 0.5) is 5.69 Å². The predicted molar refractivity (Wildman–Crippen MR) is 127 cm³/mol. The Balaban J connectivity index is 1.33. The molecule has 1 fully saturated rings. The molecule has 4 rings (SSSR count). The van der Waals surface area contributed by atoms with Gasteiger partial charge in [-0.1, -0.05) is 59.3 Å². The summed E-state index contributed by atoms with van der Waals surface area (Å²) in [7, 11) is 0. The van der Waals surface area contributed by atoms with Gasteiger partial charge in [-0.25, -0.2) is 0 Å². The van der Waals surface area contributed by atoms with Gasteiger partial charge in [-0.3, -0.25) is 14.5 Å². The van der Waals surface area contributed by atoms with Gasteiger partial charge >= 0.3 is 0 Å². The van der Waals surface area contributed by atoms with Crippen LogP contribution in [0.25, 0.3) is 6.08 Å². The smallest absolute Gasteiger partial charge is 0.266 e. The number of anilines is 1. The SMILES string of the molecule is O=C(CCCN1C(=O)C(=Cc2ccc3c(c2)OCO3)SC1=S)Nc1cccc(Cl)c1Cl. The molecule has 0 unspecified atom stereocenters. The molecular formula is C21H16Cl2N2O4S2. The van der Waals surface area contributed by atoms with Crippen LogP contribution < -0.4 is 14.8 Å². The lowest BCUT2D eigenvalue weighted by atomic mass is 10.2. The lowest BCUT2D eigenvalue weighted by Gasteiger charge is -2.14. The van der Waals surface area contributed by atoms with E-state index in [-0.39, 0.29) is 25.0 Å². The zero-order valence-corrected chi connectivity index (χ0v) is 19.2. The van der Waals surface area contributed by atoms with Crippen LogP contribution in [0.3, 0.4) is 0 Å². The fourth-order valence-electron chi connectivity index (χ4n) is 3.06. The predicted octanol–water partition coefficient (Wildman–Crippen LogP) is 5.34. The maximum atomic E-state index is 12.8. The van der Waals surface area contributed by atoms with E-state index in [1.54, 1.807) is 30.3 Å². The Morgan fingerprint density at radius 3 is 2.87 bits per heavy atom. The van der Waals surface area contributed by atoms with E-state index in [4.69, 9.17) is 44.9 Å². The Bertz CT molecular complexity index is 1110. The van der Waals surface area contributed by atoms with Gasteiger partial charge < -0.3 is 14.8 Å². The molecular weight excluding hydrogens is 479 g/mol. The Hall–Kier alpha value is -2.26. The minimum absolute atomic E-state index is 0.175. The van der Waals surface area contributed by atoms with Crippen molar-refractivity contribution in [3.63, 3.8) is 0 Å². The molecule has 6 nitrogen and oxygen atoms in total. The van der Waals surface area contributed by atoms with Gasteiger partial charge in [-0.15, -0.1) is 0 Å². The summed E-state index contributed by atoms with van der Waals surface area (Å²) in [6.07, 6.45) is 2.43. The van der Waals surface area contributed by atoms with Gasteiger partial charge in [0, 0.05) is 13.0 Å². The molecule has 0 radical (unpaired) electrons. The van der Waals surface area contributed by atoms with Gasteiger partial charge in [0.25, 0.3) is 5.91 Å². The van der Waals surface area contributed by atoms with Gasteiger partial charge in [-0.05, 0) is 42.3 Å². The molecule has 0 aromatic heterocycles. The van der Waals surface area contributed by atoms with Gasteiger partial charge in [0.05, 0.1) is 20.6 Å². The summed E-state index contributed by atoms with van der Waals surface area (Å²) in [5, 5.41) is 3.39. The number of benzene rings is 2. The molecule has 31 heavy (non-hydrogen) atoms. The molecule has 2 aromatic rings. The van der Waals surface area contributed by atoms with Gasteiger partial charge in [0.2, 0.25) is 12.7 Å². The fraction of sp³-hybridized carbons (Fsp3) is 0.190. The van der Waals surface area contributed by atoms with Crippen molar-refractivity contribution in [2.75, 3.05) is 18.7 Å². The average Bonchev–Trinajstić information content (AvgIpc) is 3.31. The third-order valence-corrected chi connectivity index (χ3v) is 6.78. The summed E-state index contributed by atoms with van der Waals surface area (Å²) in [5.74, 6) is 0.938. The number of amides is 2. The largest absolute Gasteiger partial charge is 0.454 e. The van der Waals surface area contributed by atoms with Crippen molar-refractivity contribution >= 4 is 75.1 Å². The number of hydrogen-bond donors (Lipinski definition) is 1. The van der Waals surface area contributed by atoms with Crippen LogP contribution in [-0.4, -0.2) is 34.4 Å². The number of rotatable bonds is 6. The van der Waals surface area contributed by atoms with Crippen molar-refractivity contribution in [2.24, 2.45) is 0 Å². The minimum atomic E-state index is -0.217. The summed E-state index contributed by atoms with van der Waals surface area (Å²) >= 11 is 18.6. The molecule has 1 N–H and O–H groups in total. The first-order valence-corrected chi connectivity index (χ1v) is 11.3. The summed E-state index contributed by atoms with van der Waals surface area (Å²) in [5.41, 5.74) is 1.28. The van der Waals surface area contributed by atoms with Crippen molar-refractivity contribution in [1.29, 1.82) is 0 Å². The summed E-state index contributed by atoms with van der Waals surface area (Å²) in [6, 6.07) is 10.5. The third kappa shape index (κ3) is 4.98. The Labute approximate surface area is 198 Å². The van der Waals surface area contributed by atoms with Crippen molar-refractivity contribution < 1.29 is 19.1 Å². The molecule has 2 heterocycles. The van der Waals surface area contributed by atoms with Gasteiger partial charge in [0.15, 0.2) is 11.5 Å². The van der Waals surface area contributed by atoms with E-state index < -0.39 is 0 Å². The topological polar surface area (TPSA) is 67.9 Å². The number of carbonyl (C=O) groups is 2. The number of hydrogen-bond acceptors (Lipinski definition) is 6. The molecule has 2 aliphatic heterocycles. The zero-order valence-electron chi connectivity index (χ0n) is 16.0. The van der Waals surface area contributed by atoms with Crippen LogP contribution in [0.1, 0.15) is 18.4 Å². The van der Waals surface area contributed by atoms with Crippen LogP contribution in [0.5, 0.6) is 11.5 Å². The van der Waals surface area contributed by atoms with Crippen LogP contribution in [-0.2, 0) is 9.59 Å². The second-order valence-electron chi connectivity index (χ2n) is 6.70. The molecule has 0 bridgehead atoms. The number of ether oxygens (including phenoxy) is 2. The van der Waals surface area contributed by atoms with Crippen LogP contribution in [0.15, 0.2) is 41.3 Å². The Morgan fingerprint density at radius 2 is 2.03 bits per heavy atom. The highest BCUT2D eigenvalue weighted by Crippen LogP contribution is 2.36. The molecule has 1 saturated heterocycles. The number of fused-ring (bicyclic) bond motifs is 1. The fourth-order valence-corrected chi connectivity index (χ4v) is 4.71. The molecule has 10 heteroatoms. The van der Waals surface area contributed by atoms with Crippen molar-refractivity contribution in [2.45, 2.75) is 12.8 Å². The lowest BCUT2D eigenvalue weighted by Crippen LogP contribution is -2.29. The molecule has 0 saturated carbocycles. The maximum absolute atomic E-state index is 12.8. The zero-order chi connectivity index (χ0) is 22.0. The van der Waals surface area contributed by atoms with Crippen molar-refractivity contribution in [3.05, 3.63) is 56.9 Å². The Morgan fingerprint density at radius 1 is 1.23 bits per heavy atom. The summed E-state index contributed by atoms with van der Waals surface area (Å²) in [6.45, 7) is 0.540. The molecule has 0 atom stereocenters. The van der Waals surface area contributed by atoms with E-state index in [9.17, 15) is 9.59 Å². The first kappa shape index (κ1) is 22.0. The summed E-state index contributed by atoms with van der Waals surface area (Å²) in [4.78, 5) is 27.0. The Kier molecular flexibility index (Phi) is 6.71. The highest BCUT2D eigenvalue weighted by molar-refractivity contribution is 8.26. The molecule has 0 aliphatic carbocycles. The number of nitrogens with one attached hydrogen (secondary N) is 1. The molecule has 2 amide bonds. The van der Waals surface area contributed by atoms with E-state index >= 15 is 0 Å². The lowest BCUT2D eigenvalue weighted by molar-refractivity contribution is -0.122. The highest BCUT2D eigenvalue weighted by atomic mass is 35.5. The van der Waals surface area contributed by atoms with Crippen LogP contribution >= 0.6 is 47.2 Å². The molecule has 2 aromatic carbocycles. The van der Waals surface area contributed by atoms with E-state index in [0.717, 1.165) is 5.56 Å². The maximum Gasteiger partial charge on any atom is 0.266 e. The van der Waals surface area contributed by atoms with Crippen molar-refractivity contribution in [1.82, 2.24) is 4.90 Å². The van der Waals surface area contributed by atoms with Gasteiger partial charge in [-0.2, -0.15) is 0 Å². The van der Waals surface area contributed by atoms with E-state index in [2.05, 4.69) is 5.32 Å². The normalized spacial score (nSPS) is 16.3. The molecule has 0 spiro atoms. The van der Waals surface area contributed by atoms with E-state index in [1.165, 1.54) is 16.7 Å². The van der Waals surface area contributed by atoms with E-state index in [0.29, 0.717) is 49.4 Å². The number of thiocarbonyl (C=S) groups is 1. The molecule has 2 aliphatic rings. The standard InChI is InChI=1S/C21H16Cl2N2O4S2/c22-13-3-1-4-14(19(13)23)24-18(26)5-2-8-25-20(27)17(31-21(25)30)10-12-6-7-15-16(9-12)29-11-28-15/h1,3-4,6-7,9-10H,2,5,8,11H2,(H,24,26).